The number of nitrogens with one attached hydrogen (secondary N) is 1. The maximum Gasteiger partial charge on any atom is 0.228 e. The van der Waals surface area contributed by atoms with Gasteiger partial charge in [0.2, 0.25) is 5.91 Å². The summed E-state index contributed by atoms with van der Waals surface area (Å²) in [6.45, 7) is 14.0. The molecule has 0 bridgehead atoms. The van der Waals surface area contributed by atoms with Gasteiger partial charge in [-0.15, -0.1) is 0 Å². The van der Waals surface area contributed by atoms with Gasteiger partial charge in [0.05, 0.1) is 12.0 Å². The van der Waals surface area contributed by atoms with Crippen LogP contribution >= 0.6 is 0 Å². The third-order valence-electron chi connectivity index (χ3n) is 5.07. The highest BCUT2D eigenvalue weighted by atomic mass is 16.5. The molecular formula is C27H35N3O2. The zero-order valence-corrected chi connectivity index (χ0v) is 20.2. The monoisotopic (exact) mass is 433 g/mol. The Bertz CT molecular complexity index is 983. The van der Waals surface area contributed by atoms with E-state index < -0.39 is 0 Å². The van der Waals surface area contributed by atoms with Gasteiger partial charge in [-0.25, -0.2) is 4.99 Å². The van der Waals surface area contributed by atoms with Crippen LogP contribution in [0.5, 0.6) is 5.75 Å². The van der Waals surface area contributed by atoms with Gasteiger partial charge in [-0.2, -0.15) is 0 Å². The van der Waals surface area contributed by atoms with Gasteiger partial charge in [0.15, 0.2) is 0 Å². The lowest BCUT2D eigenvalue weighted by molar-refractivity contribution is -0.120. The predicted molar refractivity (Wildman–Crippen MR) is 135 cm³/mol. The van der Waals surface area contributed by atoms with Crippen molar-refractivity contribution in [3.05, 3.63) is 71.2 Å². The van der Waals surface area contributed by atoms with Crippen molar-refractivity contribution < 1.29 is 9.53 Å². The number of carbonyl (C=O) groups excluding carboxylic acids is 1. The number of hydrogen-bond donors (Lipinski definition) is 1. The highest BCUT2D eigenvalue weighted by molar-refractivity contribution is 6.00. The smallest absolute Gasteiger partial charge is 0.228 e. The molecule has 0 aliphatic heterocycles. The Hall–Kier alpha value is -3.21. The highest BCUT2D eigenvalue weighted by Crippen LogP contribution is 2.32. The molecule has 0 aromatic heterocycles. The van der Waals surface area contributed by atoms with Crippen molar-refractivity contribution in [1.29, 1.82) is 0 Å². The molecule has 1 aliphatic carbocycles. The fourth-order valence-electron chi connectivity index (χ4n) is 3.20. The zero-order chi connectivity index (χ0) is 23.7. The topological polar surface area (TPSA) is 63.0 Å². The van der Waals surface area contributed by atoms with Crippen LogP contribution in [0.3, 0.4) is 0 Å². The average molecular weight is 434 g/mol. The van der Waals surface area contributed by atoms with E-state index in [0.717, 1.165) is 52.8 Å². The van der Waals surface area contributed by atoms with Crippen molar-refractivity contribution in [2.24, 2.45) is 15.9 Å². The maximum atomic E-state index is 12.0. The Kier molecular flexibility index (Phi) is 9.39. The minimum Gasteiger partial charge on any atom is -0.464 e. The SMILES string of the molecule is C=C(N=C(C)NC(=O)C1CC1)/C(=C\C=CC)c1cc(C)c(O/C=C(/C)CC=NC)c(C)c1. The Labute approximate surface area is 192 Å². The third-order valence-corrected chi connectivity index (χ3v) is 5.07. The van der Waals surface area contributed by atoms with Crippen LogP contribution in [0, 0.1) is 19.8 Å². The molecule has 1 aliphatic rings. The highest BCUT2D eigenvalue weighted by Gasteiger charge is 2.29. The number of aliphatic imine (C=N–C) groups is 2. The molecule has 0 spiro atoms. The average Bonchev–Trinajstić information content (AvgIpc) is 3.57. The molecule has 5 heteroatoms. The molecule has 1 N–H and O–H groups in total. The first-order chi connectivity index (χ1) is 15.3. The lowest BCUT2D eigenvalue weighted by atomic mass is 9.97. The Morgan fingerprint density at radius 2 is 1.91 bits per heavy atom. The van der Waals surface area contributed by atoms with E-state index in [1.807, 2.05) is 52.1 Å². The molecule has 170 valence electrons. The number of aryl methyl sites for hydroxylation is 2. The minimum absolute atomic E-state index is 0.0415. The zero-order valence-electron chi connectivity index (χ0n) is 20.2. The molecule has 32 heavy (non-hydrogen) atoms. The second-order valence-corrected chi connectivity index (χ2v) is 8.18. The van der Waals surface area contributed by atoms with E-state index in [-0.39, 0.29) is 11.8 Å². The largest absolute Gasteiger partial charge is 0.464 e. The second kappa shape index (κ2) is 12.0. The molecule has 1 aromatic carbocycles. The van der Waals surface area contributed by atoms with Crippen LogP contribution in [0.15, 0.2) is 64.5 Å². The molecule has 2 rings (SSSR count). The van der Waals surface area contributed by atoms with Crippen LogP contribution in [-0.4, -0.2) is 25.0 Å². The van der Waals surface area contributed by atoms with Gasteiger partial charge in [0, 0.05) is 31.2 Å². The molecule has 1 fully saturated rings. The number of hydrogen-bond acceptors (Lipinski definition) is 4. The number of amidine groups is 1. The summed E-state index contributed by atoms with van der Waals surface area (Å²) in [5.74, 6) is 1.58. The van der Waals surface area contributed by atoms with E-state index in [0.29, 0.717) is 11.5 Å². The number of benzene rings is 1. The summed E-state index contributed by atoms with van der Waals surface area (Å²) in [7, 11) is 1.76. The van der Waals surface area contributed by atoms with E-state index >= 15 is 0 Å². The van der Waals surface area contributed by atoms with E-state index in [1.165, 1.54) is 0 Å². The molecule has 0 atom stereocenters. The normalized spacial score (nSPS) is 15.5. The Morgan fingerprint density at radius 3 is 2.47 bits per heavy atom. The Morgan fingerprint density at radius 1 is 1.25 bits per heavy atom. The number of nitrogens with zero attached hydrogens (tertiary/aromatic N) is 2. The third kappa shape index (κ3) is 7.49. The van der Waals surface area contributed by atoms with Gasteiger partial charge >= 0.3 is 0 Å². The van der Waals surface area contributed by atoms with Gasteiger partial charge in [0.1, 0.15) is 11.6 Å². The number of carbonyl (C=O) groups is 1. The van der Waals surface area contributed by atoms with Crippen LogP contribution in [0.4, 0.5) is 0 Å². The standard InChI is InChI=1S/C27H35N3O2/c1-8-9-10-25(21(5)29-22(6)30-27(31)23-11-12-23)24-15-19(3)26(20(4)16-24)32-17-18(2)13-14-28-7/h8-10,14-17,23H,5,11-13H2,1-4,6-7H3,(H,29,30,31)/b9-8?,18-17-,25-10+,28-14?. The minimum atomic E-state index is 0.0415. The maximum absolute atomic E-state index is 12.0. The number of allylic oxidation sites excluding steroid dienone is 5. The summed E-state index contributed by atoms with van der Waals surface area (Å²) in [5.41, 5.74) is 5.63. The van der Waals surface area contributed by atoms with Gasteiger partial charge in [-0.05, 0) is 81.9 Å². The van der Waals surface area contributed by atoms with Gasteiger partial charge in [-0.3, -0.25) is 4.79 Å². The van der Waals surface area contributed by atoms with E-state index in [1.54, 1.807) is 20.2 Å². The first-order valence-corrected chi connectivity index (χ1v) is 11.0. The van der Waals surface area contributed by atoms with Crippen LogP contribution in [0.2, 0.25) is 0 Å². The second-order valence-electron chi connectivity index (χ2n) is 8.18. The van der Waals surface area contributed by atoms with Crippen molar-refractivity contribution in [2.75, 3.05) is 7.05 Å². The van der Waals surface area contributed by atoms with Crippen LogP contribution in [0.1, 0.15) is 56.7 Å². The molecule has 1 aromatic rings. The first kappa shape index (κ1) is 25.1. The van der Waals surface area contributed by atoms with Gasteiger partial charge in [-0.1, -0.05) is 24.8 Å². The summed E-state index contributed by atoms with van der Waals surface area (Å²) in [6.07, 6.45) is 12.2. The van der Waals surface area contributed by atoms with Gasteiger partial charge in [0.25, 0.3) is 0 Å². The fourth-order valence-corrected chi connectivity index (χ4v) is 3.20. The van der Waals surface area contributed by atoms with Crippen molar-refractivity contribution in [3.8, 4) is 5.75 Å². The van der Waals surface area contributed by atoms with Crippen molar-refractivity contribution >= 4 is 23.5 Å². The molecule has 0 radical (unpaired) electrons. The molecule has 5 nitrogen and oxygen atoms in total. The molecular weight excluding hydrogens is 398 g/mol. The number of ether oxygens (including phenoxy) is 1. The van der Waals surface area contributed by atoms with Gasteiger partial charge < -0.3 is 15.0 Å². The summed E-state index contributed by atoms with van der Waals surface area (Å²) < 4.78 is 5.98. The van der Waals surface area contributed by atoms with Crippen molar-refractivity contribution in [1.82, 2.24) is 5.32 Å². The number of rotatable bonds is 9. The van der Waals surface area contributed by atoms with E-state index in [2.05, 4.69) is 34.0 Å². The molecule has 0 heterocycles. The first-order valence-electron chi connectivity index (χ1n) is 11.0. The fraction of sp³-hybridized carbons (Fsp3) is 0.370. The summed E-state index contributed by atoms with van der Waals surface area (Å²) in [5, 5.41) is 2.88. The predicted octanol–water partition coefficient (Wildman–Crippen LogP) is 6.09. The van der Waals surface area contributed by atoms with E-state index in [4.69, 9.17) is 4.74 Å². The van der Waals surface area contributed by atoms with Crippen molar-refractivity contribution in [3.63, 3.8) is 0 Å². The quantitative estimate of drug-likeness (QED) is 0.221. The van der Waals surface area contributed by atoms with Crippen LogP contribution in [0.25, 0.3) is 5.57 Å². The van der Waals surface area contributed by atoms with Crippen LogP contribution in [-0.2, 0) is 4.79 Å². The van der Waals surface area contributed by atoms with E-state index in [9.17, 15) is 4.79 Å². The Balaban J connectivity index is 2.29. The molecule has 1 saturated carbocycles. The lowest BCUT2D eigenvalue weighted by Gasteiger charge is -2.15. The van der Waals surface area contributed by atoms with Crippen molar-refractivity contribution in [2.45, 2.75) is 53.9 Å². The summed E-state index contributed by atoms with van der Waals surface area (Å²) in [4.78, 5) is 20.6. The summed E-state index contributed by atoms with van der Waals surface area (Å²) in [6, 6.07) is 4.15. The molecule has 0 unspecified atom stereocenters. The molecule has 1 amide bonds. The lowest BCUT2D eigenvalue weighted by Crippen LogP contribution is -2.29. The summed E-state index contributed by atoms with van der Waals surface area (Å²) >= 11 is 0. The molecule has 0 saturated heterocycles. The number of amides is 1. The van der Waals surface area contributed by atoms with Crippen LogP contribution < -0.4 is 10.1 Å².